The minimum absolute atomic E-state index is 0.122. The van der Waals surface area contributed by atoms with Crippen LogP contribution in [-0.2, 0) is 9.59 Å². The van der Waals surface area contributed by atoms with Crippen molar-refractivity contribution in [2.24, 2.45) is 5.92 Å². The van der Waals surface area contributed by atoms with E-state index in [2.05, 4.69) is 0 Å². The Morgan fingerprint density at radius 3 is 2.62 bits per heavy atom. The van der Waals surface area contributed by atoms with Gasteiger partial charge in [0.25, 0.3) is 0 Å². The molecule has 1 fully saturated rings. The van der Waals surface area contributed by atoms with E-state index < -0.39 is 30.0 Å². The van der Waals surface area contributed by atoms with E-state index in [0.29, 0.717) is 0 Å². The Kier molecular flexibility index (Phi) is 2.40. The van der Waals surface area contributed by atoms with Crippen molar-refractivity contribution in [3.8, 4) is 0 Å². The number of carbonyl (C=O) groups is 2. The highest BCUT2D eigenvalue weighted by molar-refractivity contribution is 5.90. The van der Waals surface area contributed by atoms with E-state index in [1.807, 2.05) is 0 Å². The lowest BCUT2D eigenvalue weighted by Crippen LogP contribution is -2.56. The van der Waals surface area contributed by atoms with Gasteiger partial charge in [0.1, 0.15) is 5.78 Å². The number of hydrogen-bond acceptors (Lipinski definition) is 4. The molecular formula is C8H12O5. The third-order valence-corrected chi connectivity index (χ3v) is 2.41. The van der Waals surface area contributed by atoms with Crippen molar-refractivity contribution in [2.45, 2.75) is 31.5 Å². The van der Waals surface area contributed by atoms with Crippen LogP contribution in [0.15, 0.2) is 0 Å². The zero-order valence-electron chi connectivity index (χ0n) is 7.23. The highest BCUT2D eigenvalue weighted by Crippen LogP contribution is 2.30. The summed E-state index contributed by atoms with van der Waals surface area (Å²) in [6.45, 7) is 1.54. The Labute approximate surface area is 75.0 Å². The van der Waals surface area contributed by atoms with Gasteiger partial charge in [-0.05, 0) is 5.92 Å². The Balaban J connectivity index is 2.95. The monoisotopic (exact) mass is 188 g/mol. The van der Waals surface area contributed by atoms with E-state index in [0.717, 1.165) is 0 Å². The maximum atomic E-state index is 11.0. The van der Waals surface area contributed by atoms with Crippen molar-refractivity contribution in [2.75, 3.05) is 0 Å². The van der Waals surface area contributed by atoms with Gasteiger partial charge in [0.15, 0.2) is 5.60 Å². The van der Waals surface area contributed by atoms with E-state index in [-0.39, 0.29) is 12.2 Å². The second-order valence-electron chi connectivity index (χ2n) is 3.57. The van der Waals surface area contributed by atoms with Crippen molar-refractivity contribution in [3.63, 3.8) is 0 Å². The lowest BCUT2D eigenvalue weighted by atomic mass is 9.75. The molecule has 0 spiro atoms. The summed E-state index contributed by atoms with van der Waals surface area (Å²) in [5, 5.41) is 27.5. The van der Waals surface area contributed by atoms with E-state index in [1.165, 1.54) is 6.92 Å². The molecule has 0 aromatic heterocycles. The largest absolute Gasteiger partial charge is 0.479 e. The molecule has 1 rings (SSSR count). The second-order valence-corrected chi connectivity index (χ2v) is 3.57. The third kappa shape index (κ3) is 1.57. The minimum atomic E-state index is -2.30. The van der Waals surface area contributed by atoms with Crippen LogP contribution in [0.1, 0.15) is 19.8 Å². The predicted octanol–water partition coefficient (Wildman–Crippen LogP) is -0.838. The lowest BCUT2D eigenvalue weighted by Gasteiger charge is -2.36. The first kappa shape index (κ1) is 10.1. The smallest absolute Gasteiger partial charge is 0.338 e. The van der Waals surface area contributed by atoms with Crippen molar-refractivity contribution >= 4 is 11.8 Å². The zero-order valence-corrected chi connectivity index (χ0v) is 7.23. The average Bonchev–Trinajstić information content (AvgIpc) is 1.99. The Morgan fingerprint density at radius 1 is 1.62 bits per heavy atom. The van der Waals surface area contributed by atoms with Crippen molar-refractivity contribution < 1.29 is 24.9 Å². The van der Waals surface area contributed by atoms with Crippen LogP contribution >= 0.6 is 0 Å². The van der Waals surface area contributed by atoms with Crippen LogP contribution in [0.3, 0.4) is 0 Å². The molecule has 0 bridgehead atoms. The fraction of sp³-hybridized carbons (Fsp3) is 0.750. The van der Waals surface area contributed by atoms with Crippen LogP contribution in [0.4, 0.5) is 0 Å². The molecule has 1 aliphatic carbocycles. The number of carboxylic acids is 1. The van der Waals surface area contributed by atoms with Crippen molar-refractivity contribution in [1.82, 2.24) is 0 Å². The van der Waals surface area contributed by atoms with Crippen LogP contribution in [0, 0.1) is 5.92 Å². The molecule has 3 N–H and O–H groups in total. The molecule has 0 heterocycles. The lowest BCUT2D eigenvalue weighted by molar-refractivity contribution is -0.184. The Bertz CT molecular complexity index is 249. The number of rotatable bonds is 1. The number of aliphatic carboxylic acids is 1. The molecule has 13 heavy (non-hydrogen) atoms. The standard InChI is InChI=1S/C8H12O5/c1-4-2-5(9)3-8(13,6(4)10)7(11)12/h4,6,10,13H,2-3H2,1H3,(H,11,12)/t4-,6+,8+/m0/s1. The number of carbonyl (C=O) groups excluding carboxylic acids is 1. The first-order valence-electron chi connectivity index (χ1n) is 4.03. The molecule has 1 saturated carbocycles. The van der Waals surface area contributed by atoms with Gasteiger partial charge in [-0.1, -0.05) is 6.92 Å². The van der Waals surface area contributed by atoms with Crippen LogP contribution in [0.2, 0.25) is 0 Å². The fourth-order valence-electron chi connectivity index (χ4n) is 1.62. The SMILES string of the molecule is C[C@H]1CC(=O)C[C@](O)(C(=O)O)[C@@H]1O. The van der Waals surface area contributed by atoms with Crippen LogP contribution in [0.25, 0.3) is 0 Å². The number of ketones is 1. The van der Waals surface area contributed by atoms with Gasteiger partial charge in [-0.2, -0.15) is 0 Å². The molecular weight excluding hydrogens is 176 g/mol. The first-order valence-corrected chi connectivity index (χ1v) is 4.03. The van der Waals surface area contributed by atoms with Crippen LogP contribution in [0.5, 0.6) is 0 Å². The number of aliphatic hydroxyl groups is 2. The van der Waals surface area contributed by atoms with Crippen molar-refractivity contribution in [3.05, 3.63) is 0 Å². The highest BCUT2D eigenvalue weighted by atomic mass is 16.4. The number of aliphatic hydroxyl groups excluding tert-OH is 1. The molecule has 0 amide bonds. The molecule has 0 aliphatic heterocycles. The molecule has 1 aliphatic rings. The molecule has 0 radical (unpaired) electrons. The normalized spacial score (nSPS) is 40.4. The summed E-state index contributed by atoms with van der Waals surface area (Å²) >= 11 is 0. The fourth-order valence-corrected chi connectivity index (χ4v) is 1.62. The zero-order chi connectivity index (χ0) is 10.2. The maximum absolute atomic E-state index is 11.0. The minimum Gasteiger partial charge on any atom is -0.479 e. The predicted molar refractivity (Wildman–Crippen MR) is 42.0 cm³/mol. The van der Waals surface area contributed by atoms with Gasteiger partial charge in [-0.15, -0.1) is 0 Å². The van der Waals surface area contributed by atoms with Gasteiger partial charge in [-0.3, -0.25) is 4.79 Å². The Hall–Kier alpha value is -0.940. The third-order valence-electron chi connectivity index (χ3n) is 2.41. The number of Topliss-reactive ketones (excluding diaryl/α,β-unsaturated/α-hetero) is 1. The van der Waals surface area contributed by atoms with E-state index in [9.17, 15) is 19.8 Å². The van der Waals surface area contributed by atoms with E-state index in [1.54, 1.807) is 0 Å². The molecule has 0 saturated heterocycles. The molecule has 3 atom stereocenters. The maximum Gasteiger partial charge on any atom is 0.338 e. The Morgan fingerprint density at radius 2 is 2.15 bits per heavy atom. The van der Waals surface area contributed by atoms with Gasteiger partial charge in [0.05, 0.1) is 6.10 Å². The molecule has 5 heteroatoms. The first-order chi connectivity index (χ1) is 5.88. The second kappa shape index (κ2) is 3.08. The summed E-state index contributed by atoms with van der Waals surface area (Å²) in [6.07, 6.45) is -1.76. The van der Waals surface area contributed by atoms with Crippen LogP contribution in [-0.4, -0.2) is 38.8 Å². The average molecular weight is 188 g/mol. The van der Waals surface area contributed by atoms with Crippen LogP contribution < -0.4 is 0 Å². The summed E-state index contributed by atoms with van der Waals surface area (Å²) in [6, 6.07) is 0. The van der Waals surface area contributed by atoms with Gasteiger partial charge in [-0.25, -0.2) is 4.79 Å². The highest BCUT2D eigenvalue weighted by Gasteiger charge is 2.50. The molecule has 0 aromatic rings. The van der Waals surface area contributed by atoms with Gasteiger partial charge < -0.3 is 15.3 Å². The summed E-state index contributed by atoms with van der Waals surface area (Å²) in [5.41, 5.74) is -2.30. The van der Waals surface area contributed by atoms with Gasteiger partial charge >= 0.3 is 5.97 Å². The molecule has 0 unspecified atom stereocenters. The topological polar surface area (TPSA) is 94.8 Å². The number of hydrogen-bond donors (Lipinski definition) is 3. The summed E-state index contributed by atoms with van der Waals surface area (Å²) in [7, 11) is 0. The quantitative estimate of drug-likeness (QED) is 0.499. The summed E-state index contributed by atoms with van der Waals surface area (Å²) in [5.74, 6) is -2.38. The van der Waals surface area contributed by atoms with E-state index >= 15 is 0 Å². The molecule has 5 nitrogen and oxygen atoms in total. The molecule has 74 valence electrons. The number of carboxylic acid groups (broad SMARTS) is 1. The van der Waals surface area contributed by atoms with Gasteiger partial charge in [0, 0.05) is 12.8 Å². The molecule has 0 aromatic carbocycles. The van der Waals surface area contributed by atoms with E-state index in [4.69, 9.17) is 5.11 Å². The summed E-state index contributed by atoms with van der Waals surface area (Å²) < 4.78 is 0. The summed E-state index contributed by atoms with van der Waals surface area (Å²) in [4.78, 5) is 21.6. The van der Waals surface area contributed by atoms with Crippen molar-refractivity contribution in [1.29, 1.82) is 0 Å². The van der Waals surface area contributed by atoms with Gasteiger partial charge in [0.2, 0.25) is 0 Å².